The second kappa shape index (κ2) is 7.13. The molecule has 0 saturated carbocycles. The maximum absolute atomic E-state index is 13.9. The molecule has 0 unspecified atom stereocenters. The predicted molar refractivity (Wildman–Crippen MR) is 99.0 cm³/mol. The first-order chi connectivity index (χ1) is 13.5. The van der Waals surface area contributed by atoms with Gasteiger partial charge in [-0.25, -0.2) is 23.0 Å². The van der Waals surface area contributed by atoms with Crippen molar-refractivity contribution >= 4 is 22.7 Å². The number of benzene rings is 1. The minimum Gasteiger partial charge on any atom is -0.340 e. The van der Waals surface area contributed by atoms with Gasteiger partial charge in [-0.3, -0.25) is 4.98 Å². The second-order valence-electron chi connectivity index (χ2n) is 6.79. The van der Waals surface area contributed by atoms with Gasteiger partial charge in [0.1, 0.15) is 6.17 Å². The molecule has 0 radical (unpaired) electrons. The highest BCUT2D eigenvalue weighted by Crippen LogP contribution is 2.28. The van der Waals surface area contributed by atoms with Crippen LogP contribution < -0.4 is 10.6 Å². The highest BCUT2D eigenvalue weighted by Gasteiger charge is 2.29. The van der Waals surface area contributed by atoms with E-state index < -0.39 is 23.8 Å². The van der Waals surface area contributed by atoms with Gasteiger partial charge in [0.15, 0.2) is 11.6 Å². The number of fused-ring (bicyclic) bond motifs is 1. The average molecular weight is 386 g/mol. The first kappa shape index (κ1) is 18.3. The van der Waals surface area contributed by atoms with Crippen molar-refractivity contribution in [1.82, 2.24) is 14.5 Å². The quantitative estimate of drug-likeness (QED) is 0.703. The van der Waals surface area contributed by atoms with E-state index >= 15 is 0 Å². The lowest BCUT2D eigenvalue weighted by atomic mass is 10.1. The standard InChI is InChI=1S/C19H17F3N6/c1-24-11-2-3-12(25-8-11)9-28-18-7-15(22)14(21)6-17(18)26-19(28)27-5-4-13(20)16(23)10-27/h2-3,6-8,13,16H,4-5,9-10,23H2/t13-,16+/m0/s1. The molecule has 0 amide bonds. The first-order valence-corrected chi connectivity index (χ1v) is 8.78. The summed E-state index contributed by atoms with van der Waals surface area (Å²) in [6.45, 7) is 7.89. The average Bonchev–Trinajstić information content (AvgIpc) is 3.02. The van der Waals surface area contributed by atoms with Crippen molar-refractivity contribution in [3.05, 3.63) is 59.2 Å². The maximum Gasteiger partial charge on any atom is 0.206 e. The molecule has 9 heteroatoms. The molecule has 2 atom stereocenters. The fourth-order valence-corrected chi connectivity index (χ4v) is 3.38. The zero-order valence-corrected chi connectivity index (χ0v) is 14.8. The lowest BCUT2D eigenvalue weighted by Crippen LogP contribution is -2.50. The van der Waals surface area contributed by atoms with Crippen LogP contribution in [0.4, 0.5) is 24.8 Å². The summed E-state index contributed by atoms with van der Waals surface area (Å²) in [6, 6.07) is 4.81. The number of rotatable bonds is 3. The van der Waals surface area contributed by atoms with Crippen LogP contribution in [0.2, 0.25) is 0 Å². The predicted octanol–water partition coefficient (Wildman–Crippen LogP) is 3.18. The number of hydrogen-bond acceptors (Lipinski definition) is 4. The van der Waals surface area contributed by atoms with Gasteiger partial charge in [0, 0.05) is 31.4 Å². The molecular weight excluding hydrogens is 369 g/mol. The van der Waals surface area contributed by atoms with Gasteiger partial charge < -0.3 is 15.2 Å². The van der Waals surface area contributed by atoms with Gasteiger partial charge in [0.05, 0.1) is 35.9 Å². The number of anilines is 1. The van der Waals surface area contributed by atoms with Gasteiger partial charge >= 0.3 is 0 Å². The summed E-state index contributed by atoms with van der Waals surface area (Å²) >= 11 is 0. The van der Waals surface area contributed by atoms with Crippen molar-refractivity contribution in [2.24, 2.45) is 5.73 Å². The molecule has 0 bridgehead atoms. The van der Waals surface area contributed by atoms with E-state index in [1.807, 2.05) is 4.90 Å². The summed E-state index contributed by atoms with van der Waals surface area (Å²) in [5.74, 6) is -1.50. The number of halogens is 3. The first-order valence-electron chi connectivity index (χ1n) is 8.78. The van der Waals surface area contributed by atoms with Crippen LogP contribution in [0.1, 0.15) is 12.1 Å². The fourth-order valence-electron chi connectivity index (χ4n) is 3.38. The van der Waals surface area contributed by atoms with E-state index in [1.165, 1.54) is 6.20 Å². The minimum atomic E-state index is -1.09. The van der Waals surface area contributed by atoms with E-state index in [0.29, 0.717) is 34.9 Å². The third-order valence-corrected chi connectivity index (χ3v) is 4.88. The van der Waals surface area contributed by atoms with Gasteiger partial charge in [0.25, 0.3) is 0 Å². The summed E-state index contributed by atoms with van der Waals surface area (Å²) in [7, 11) is 0. The van der Waals surface area contributed by atoms with Crippen molar-refractivity contribution in [1.29, 1.82) is 0 Å². The molecule has 1 saturated heterocycles. The number of piperidine rings is 1. The molecule has 1 fully saturated rings. The fraction of sp³-hybridized carbons (Fsp3) is 0.316. The third kappa shape index (κ3) is 3.27. The van der Waals surface area contributed by atoms with E-state index in [0.717, 1.165) is 12.1 Å². The maximum atomic E-state index is 13.9. The Hall–Kier alpha value is -3.12. The molecule has 0 aliphatic carbocycles. The molecule has 3 aromatic rings. The highest BCUT2D eigenvalue weighted by molar-refractivity contribution is 5.79. The van der Waals surface area contributed by atoms with Crippen molar-refractivity contribution < 1.29 is 13.2 Å². The molecule has 4 rings (SSSR count). The zero-order valence-electron chi connectivity index (χ0n) is 14.8. The summed E-state index contributed by atoms with van der Waals surface area (Å²) in [4.78, 5) is 13.8. The smallest absolute Gasteiger partial charge is 0.206 e. The van der Waals surface area contributed by atoms with Crippen LogP contribution >= 0.6 is 0 Å². The monoisotopic (exact) mass is 386 g/mol. The molecule has 3 heterocycles. The summed E-state index contributed by atoms with van der Waals surface area (Å²) in [5.41, 5.74) is 7.60. The number of hydrogen-bond donors (Lipinski definition) is 1. The van der Waals surface area contributed by atoms with Crippen LogP contribution in [0, 0.1) is 18.2 Å². The van der Waals surface area contributed by atoms with Crippen LogP contribution in [-0.4, -0.2) is 39.8 Å². The topological polar surface area (TPSA) is 64.3 Å². The Morgan fingerprint density at radius 1 is 1.25 bits per heavy atom. The van der Waals surface area contributed by atoms with Gasteiger partial charge in [-0.05, 0) is 12.5 Å². The Balaban J connectivity index is 1.79. The Morgan fingerprint density at radius 3 is 2.71 bits per heavy atom. The van der Waals surface area contributed by atoms with E-state index in [-0.39, 0.29) is 19.5 Å². The normalized spacial score (nSPS) is 19.8. The number of imidazole rings is 1. The van der Waals surface area contributed by atoms with Crippen LogP contribution in [0.3, 0.4) is 0 Å². The van der Waals surface area contributed by atoms with E-state index in [9.17, 15) is 13.2 Å². The van der Waals surface area contributed by atoms with E-state index in [2.05, 4.69) is 14.8 Å². The van der Waals surface area contributed by atoms with E-state index in [4.69, 9.17) is 12.3 Å². The molecule has 2 aromatic heterocycles. The molecule has 0 spiro atoms. The third-order valence-electron chi connectivity index (χ3n) is 4.88. The molecule has 1 aliphatic rings. The van der Waals surface area contributed by atoms with Crippen LogP contribution in [0.5, 0.6) is 0 Å². The number of pyridine rings is 1. The van der Waals surface area contributed by atoms with E-state index in [1.54, 1.807) is 16.7 Å². The lowest BCUT2D eigenvalue weighted by Gasteiger charge is -2.34. The Bertz CT molecular complexity index is 1060. The van der Waals surface area contributed by atoms with Gasteiger partial charge in [0.2, 0.25) is 11.6 Å². The Kier molecular flexibility index (Phi) is 4.65. The molecule has 6 nitrogen and oxygen atoms in total. The molecule has 1 aromatic carbocycles. The molecule has 28 heavy (non-hydrogen) atoms. The molecule has 2 N–H and O–H groups in total. The summed E-state index contributed by atoms with van der Waals surface area (Å²) in [6.07, 6.45) is 0.614. The van der Waals surface area contributed by atoms with Crippen molar-refractivity contribution in [2.75, 3.05) is 18.0 Å². The largest absolute Gasteiger partial charge is 0.340 e. The Labute approximate surface area is 159 Å². The van der Waals surface area contributed by atoms with Gasteiger partial charge in [-0.1, -0.05) is 6.07 Å². The molecule has 1 aliphatic heterocycles. The lowest BCUT2D eigenvalue weighted by molar-refractivity contribution is 0.243. The zero-order chi connectivity index (χ0) is 19.8. The second-order valence-corrected chi connectivity index (χ2v) is 6.79. The highest BCUT2D eigenvalue weighted by atomic mass is 19.2. The molecule has 144 valence electrons. The van der Waals surface area contributed by atoms with Crippen molar-refractivity contribution in [3.63, 3.8) is 0 Å². The number of aromatic nitrogens is 3. The van der Waals surface area contributed by atoms with Crippen molar-refractivity contribution in [3.8, 4) is 0 Å². The summed E-state index contributed by atoms with van der Waals surface area (Å²) < 4.78 is 43.1. The number of alkyl halides is 1. The van der Waals surface area contributed by atoms with Crippen LogP contribution in [0.15, 0.2) is 30.5 Å². The van der Waals surface area contributed by atoms with Gasteiger partial charge in [-0.2, -0.15) is 0 Å². The Morgan fingerprint density at radius 2 is 2.04 bits per heavy atom. The number of nitrogens with two attached hydrogens (primary N) is 1. The minimum absolute atomic E-state index is 0.236. The van der Waals surface area contributed by atoms with Crippen LogP contribution in [0.25, 0.3) is 15.9 Å². The van der Waals surface area contributed by atoms with Gasteiger partial charge in [-0.15, -0.1) is 0 Å². The summed E-state index contributed by atoms with van der Waals surface area (Å²) in [5, 5.41) is 0. The SMILES string of the molecule is [C-]#[N+]c1ccc(Cn2c(N3CC[C@H](F)[C@H](N)C3)nc3cc(F)c(F)cc32)nc1. The molecular formula is C19H17F3N6. The number of nitrogens with zero attached hydrogens (tertiary/aromatic N) is 5. The van der Waals surface area contributed by atoms with Crippen LogP contribution in [-0.2, 0) is 6.54 Å². The van der Waals surface area contributed by atoms with Crippen molar-refractivity contribution in [2.45, 2.75) is 25.2 Å².